The van der Waals surface area contributed by atoms with Gasteiger partial charge in [-0.2, -0.15) is 0 Å². The number of nitrogens with zero attached hydrogens (tertiary/aromatic N) is 3. The molecule has 0 aliphatic heterocycles. The Morgan fingerprint density at radius 3 is 2.85 bits per heavy atom. The quantitative estimate of drug-likeness (QED) is 0.657. The maximum atomic E-state index is 6.15. The van der Waals surface area contributed by atoms with Gasteiger partial charge in [-0.25, -0.2) is 4.98 Å². The average molecular weight is 306 g/mol. The second-order valence-corrected chi connectivity index (χ2v) is 5.74. The number of imidazole rings is 1. The molecule has 2 heterocycles. The number of thiazole rings is 1. The van der Waals surface area contributed by atoms with Crippen LogP contribution in [0.3, 0.4) is 0 Å². The molecule has 5 heteroatoms. The smallest absolute Gasteiger partial charge is 0.195 e. The maximum absolute atomic E-state index is 6.15. The molecule has 0 radical (unpaired) electrons. The van der Waals surface area contributed by atoms with Crippen LogP contribution in [0.2, 0.25) is 0 Å². The van der Waals surface area contributed by atoms with Gasteiger partial charge in [-0.05, 0) is 25.5 Å². The molecule has 104 valence electrons. The minimum absolute atomic E-state index is 0.454. The Bertz CT molecular complexity index is 732. The lowest BCUT2D eigenvalue weighted by Gasteiger charge is -2.23. The zero-order valence-corrected chi connectivity index (χ0v) is 13.1. The number of fused-ring (bicyclic) bond motifs is 1. The normalized spacial score (nSPS) is 11.2. The Hall–Kier alpha value is -1.52. The Kier molecular flexibility index (Phi) is 3.68. The summed E-state index contributed by atoms with van der Waals surface area (Å²) in [7, 11) is 0. The summed E-state index contributed by atoms with van der Waals surface area (Å²) in [6.07, 6.45) is 2.03. The molecule has 1 aromatic carbocycles. The van der Waals surface area contributed by atoms with Crippen molar-refractivity contribution in [3.63, 3.8) is 0 Å². The number of para-hydroxylation sites is 1. The average Bonchev–Trinajstić information content (AvgIpc) is 3.02. The Morgan fingerprint density at radius 1 is 1.35 bits per heavy atom. The Morgan fingerprint density at radius 2 is 2.15 bits per heavy atom. The molecule has 0 aliphatic carbocycles. The lowest BCUT2D eigenvalue weighted by Crippen LogP contribution is -2.19. The van der Waals surface area contributed by atoms with Crippen LogP contribution in [0.1, 0.15) is 18.2 Å². The minimum atomic E-state index is 0.454. The highest BCUT2D eigenvalue weighted by Crippen LogP contribution is 2.32. The van der Waals surface area contributed by atoms with E-state index in [1.807, 2.05) is 11.6 Å². The standard InChI is InChI=1S/C15H16ClN3S/c1-3-18(12-7-5-4-6-11(12)2)14-13(10-16)19-8-9-20-15(19)17-14/h4-9H,3,10H2,1-2H3. The minimum Gasteiger partial charge on any atom is -0.325 e. The summed E-state index contributed by atoms with van der Waals surface area (Å²) in [4.78, 5) is 7.97. The van der Waals surface area contributed by atoms with Gasteiger partial charge >= 0.3 is 0 Å². The molecule has 3 nitrogen and oxygen atoms in total. The summed E-state index contributed by atoms with van der Waals surface area (Å²) >= 11 is 7.79. The lowest BCUT2D eigenvalue weighted by atomic mass is 10.2. The summed E-state index contributed by atoms with van der Waals surface area (Å²) in [6.45, 7) is 5.12. The van der Waals surface area contributed by atoms with E-state index in [1.165, 1.54) is 11.3 Å². The molecule has 0 bridgehead atoms. The van der Waals surface area contributed by atoms with Gasteiger partial charge in [0.25, 0.3) is 0 Å². The first-order chi connectivity index (χ1) is 9.76. The van der Waals surface area contributed by atoms with E-state index in [4.69, 9.17) is 16.6 Å². The van der Waals surface area contributed by atoms with Crippen LogP contribution >= 0.6 is 22.9 Å². The van der Waals surface area contributed by atoms with Crippen LogP contribution in [0.25, 0.3) is 4.96 Å². The van der Waals surface area contributed by atoms with E-state index >= 15 is 0 Å². The summed E-state index contributed by atoms with van der Waals surface area (Å²) in [5.74, 6) is 1.42. The van der Waals surface area contributed by atoms with Crippen molar-refractivity contribution in [2.45, 2.75) is 19.7 Å². The monoisotopic (exact) mass is 305 g/mol. The van der Waals surface area contributed by atoms with Gasteiger partial charge in [-0.3, -0.25) is 4.40 Å². The van der Waals surface area contributed by atoms with Gasteiger partial charge in [0.15, 0.2) is 10.8 Å². The van der Waals surface area contributed by atoms with Gasteiger partial charge in [-0.15, -0.1) is 22.9 Å². The molecule has 0 aliphatic rings. The third-order valence-electron chi connectivity index (χ3n) is 3.44. The first-order valence-corrected chi connectivity index (χ1v) is 8.01. The molecule has 0 amide bonds. The number of hydrogen-bond donors (Lipinski definition) is 0. The van der Waals surface area contributed by atoms with Crippen LogP contribution in [0.4, 0.5) is 11.5 Å². The van der Waals surface area contributed by atoms with Gasteiger partial charge in [0, 0.05) is 23.8 Å². The molecule has 3 aromatic rings. The van der Waals surface area contributed by atoms with Crippen LogP contribution in [-0.2, 0) is 5.88 Å². The summed E-state index contributed by atoms with van der Waals surface area (Å²) in [5.41, 5.74) is 3.48. The largest absolute Gasteiger partial charge is 0.325 e. The molecule has 0 fully saturated rings. The van der Waals surface area contributed by atoms with E-state index in [0.717, 1.165) is 23.0 Å². The number of alkyl halides is 1. The number of aryl methyl sites for hydroxylation is 1. The van der Waals surface area contributed by atoms with Gasteiger partial charge in [0.05, 0.1) is 11.6 Å². The zero-order valence-electron chi connectivity index (χ0n) is 11.5. The van der Waals surface area contributed by atoms with Crippen molar-refractivity contribution in [3.8, 4) is 0 Å². The second-order valence-electron chi connectivity index (χ2n) is 4.60. The molecule has 20 heavy (non-hydrogen) atoms. The lowest BCUT2D eigenvalue weighted by molar-refractivity contribution is 0.975. The topological polar surface area (TPSA) is 20.5 Å². The number of halogens is 1. The fourth-order valence-corrected chi connectivity index (χ4v) is 3.44. The highest BCUT2D eigenvalue weighted by molar-refractivity contribution is 7.15. The third-order valence-corrected chi connectivity index (χ3v) is 4.45. The van der Waals surface area contributed by atoms with E-state index < -0.39 is 0 Å². The van der Waals surface area contributed by atoms with Crippen molar-refractivity contribution >= 4 is 39.4 Å². The predicted molar refractivity (Wildman–Crippen MR) is 86.5 cm³/mol. The van der Waals surface area contributed by atoms with E-state index in [9.17, 15) is 0 Å². The summed E-state index contributed by atoms with van der Waals surface area (Å²) < 4.78 is 2.08. The van der Waals surface area contributed by atoms with E-state index in [0.29, 0.717) is 5.88 Å². The number of rotatable bonds is 4. The SMILES string of the molecule is CCN(c1ccccc1C)c1nc2sccn2c1CCl. The summed E-state index contributed by atoms with van der Waals surface area (Å²) in [5, 5.41) is 2.03. The molecule has 0 atom stereocenters. The van der Waals surface area contributed by atoms with Crippen molar-refractivity contribution in [3.05, 3.63) is 47.1 Å². The van der Waals surface area contributed by atoms with Crippen molar-refractivity contribution in [2.75, 3.05) is 11.4 Å². The van der Waals surface area contributed by atoms with Crippen molar-refractivity contribution in [1.29, 1.82) is 0 Å². The van der Waals surface area contributed by atoms with Crippen molar-refractivity contribution < 1.29 is 0 Å². The van der Waals surface area contributed by atoms with Gasteiger partial charge in [0.1, 0.15) is 0 Å². The van der Waals surface area contributed by atoms with Crippen LogP contribution < -0.4 is 4.90 Å². The number of benzene rings is 1. The summed E-state index contributed by atoms with van der Waals surface area (Å²) in [6, 6.07) is 8.37. The molecule has 0 spiro atoms. The molecule has 2 aromatic heterocycles. The molecule has 0 saturated carbocycles. The zero-order chi connectivity index (χ0) is 14.1. The van der Waals surface area contributed by atoms with Crippen molar-refractivity contribution in [2.24, 2.45) is 0 Å². The maximum Gasteiger partial charge on any atom is 0.195 e. The van der Waals surface area contributed by atoms with E-state index in [-0.39, 0.29) is 0 Å². The predicted octanol–water partition coefficient (Wildman–Crippen LogP) is 4.60. The fourth-order valence-electron chi connectivity index (χ4n) is 2.46. The molecule has 3 rings (SSSR count). The Balaban J connectivity index is 2.16. The second kappa shape index (κ2) is 5.46. The highest BCUT2D eigenvalue weighted by atomic mass is 35.5. The number of aromatic nitrogens is 2. The molecule has 0 N–H and O–H groups in total. The van der Waals surface area contributed by atoms with Gasteiger partial charge in [0.2, 0.25) is 0 Å². The van der Waals surface area contributed by atoms with Gasteiger partial charge in [-0.1, -0.05) is 18.2 Å². The number of hydrogen-bond acceptors (Lipinski definition) is 3. The van der Waals surface area contributed by atoms with E-state index in [2.05, 4.69) is 47.4 Å². The van der Waals surface area contributed by atoms with Crippen molar-refractivity contribution in [1.82, 2.24) is 9.38 Å². The first-order valence-electron chi connectivity index (χ1n) is 6.59. The number of anilines is 2. The van der Waals surface area contributed by atoms with Crippen LogP contribution in [0.5, 0.6) is 0 Å². The Labute approximate surface area is 127 Å². The van der Waals surface area contributed by atoms with Crippen LogP contribution in [0.15, 0.2) is 35.8 Å². The van der Waals surface area contributed by atoms with Crippen LogP contribution in [-0.4, -0.2) is 15.9 Å². The molecular formula is C15H16ClN3S. The third kappa shape index (κ3) is 2.09. The fraction of sp³-hybridized carbons (Fsp3) is 0.267. The van der Waals surface area contributed by atoms with E-state index in [1.54, 1.807) is 11.3 Å². The van der Waals surface area contributed by atoms with Crippen LogP contribution in [0, 0.1) is 6.92 Å². The first kappa shape index (κ1) is 13.5. The molecular weight excluding hydrogens is 290 g/mol. The molecule has 0 saturated heterocycles. The molecule has 0 unspecified atom stereocenters. The van der Waals surface area contributed by atoms with Gasteiger partial charge < -0.3 is 4.90 Å². The highest BCUT2D eigenvalue weighted by Gasteiger charge is 2.19.